The molecule has 2 aromatic carbocycles. The van der Waals surface area contributed by atoms with Gasteiger partial charge in [0.15, 0.2) is 11.0 Å². The van der Waals surface area contributed by atoms with Gasteiger partial charge in [-0.05, 0) is 49.7 Å². The number of nitrogens with zero attached hydrogens (tertiary/aromatic N) is 3. The monoisotopic (exact) mass is 436 g/mol. The lowest BCUT2D eigenvalue weighted by Crippen LogP contribution is -2.28. The highest BCUT2D eigenvalue weighted by Crippen LogP contribution is 2.30. The molecule has 1 N–H and O–H groups in total. The summed E-state index contributed by atoms with van der Waals surface area (Å²) in [5, 5.41) is 12.2. The zero-order valence-electron chi connectivity index (χ0n) is 17.1. The number of aryl methyl sites for hydroxylation is 1. The molecule has 0 aliphatic heterocycles. The molecule has 0 spiro atoms. The van der Waals surface area contributed by atoms with Gasteiger partial charge in [-0.1, -0.05) is 42.1 Å². The van der Waals surface area contributed by atoms with Gasteiger partial charge in [0.25, 0.3) is 0 Å². The number of carbonyl (C=O) groups excluding carboxylic acids is 1. The summed E-state index contributed by atoms with van der Waals surface area (Å²) in [6.07, 6.45) is 1.62. The maximum Gasteiger partial charge on any atom is 0.230 e. The Kier molecular flexibility index (Phi) is 6.18. The Morgan fingerprint density at radius 3 is 2.55 bits per heavy atom. The van der Waals surface area contributed by atoms with Crippen molar-refractivity contribution in [3.8, 4) is 17.1 Å². The van der Waals surface area contributed by atoms with E-state index in [0.717, 1.165) is 22.6 Å². The first-order valence-corrected chi connectivity index (χ1v) is 10.7. The van der Waals surface area contributed by atoms with E-state index >= 15 is 0 Å². The van der Waals surface area contributed by atoms with Gasteiger partial charge in [0.05, 0.1) is 23.6 Å². The maximum absolute atomic E-state index is 13.1. The summed E-state index contributed by atoms with van der Waals surface area (Å²) in [6, 6.07) is 17.5. The van der Waals surface area contributed by atoms with E-state index < -0.39 is 0 Å². The van der Waals surface area contributed by atoms with Crippen LogP contribution in [0.4, 0.5) is 4.39 Å². The van der Waals surface area contributed by atoms with E-state index in [2.05, 4.69) is 15.5 Å². The highest BCUT2D eigenvalue weighted by atomic mass is 32.2. The number of aromatic nitrogens is 3. The van der Waals surface area contributed by atoms with Gasteiger partial charge in [-0.2, -0.15) is 0 Å². The van der Waals surface area contributed by atoms with Crippen molar-refractivity contribution in [3.05, 3.63) is 84.1 Å². The van der Waals surface area contributed by atoms with Crippen LogP contribution in [0.15, 0.2) is 76.5 Å². The minimum Gasteiger partial charge on any atom is -0.469 e. The Hall–Kier alpha value is -3.39. The second-order valence-corrected chi connectivity index (χ2v) is 7.94. The van der Waals surface area contributed by atoms with E-state index in [1.165, 1.54) is 23.9 Å². The first-order chi connectivity index (χ1) is 15.0. The lowest BCUT2D eigenvalue weighted by Gasteiger charge is -2.14. The number of carbonyl (C=O) groups is 1. The van der Waals surface area contributed by atoms with Gasteiger partial charge in [0.1, 0.15) is 11.6 Å². The minimum absolute atomic E-state index is 0.148. The molecular weight excluding hydrogens is 415 g/mol. The van der Waals surface area contributed by atoms with Gasteiger partial charge in [0.2, 0.25) is 5.91 Å². The summed E-state index contributed by atoms with van der Waals surface area (Å²) in [7, 11) is 0. The van der Waals surface area contributed by atoms with Gasteiger partial charge in [-0.3, -0.25) is 9.36 Å². The third kappa shape index (κ3) is 4.69. The van der Waals surface area contributed by atoms with Crippen molar-refractivity contribution in [2.75, 3.05) is 5.75 Å². The molecule has 31 heavy (non-hydrogen) atoms. The fourth-order valence-electron chi connectivity index (χ4n) is 3.21. The highest BCUT2D eigenvalue weighted by Gasteiger charge is 2.20. The summed E-state index contributed by atoms with van der Waals surface area (Å²) in [5.74, 6) is 1.11. The molecule has 8 heteroatoms. The number of thioether (sulfide) groups is 1. The summed E-state index contributed by atoms with van der Waals surface area (Å²) >= 11 is 1.30. The maximum atomic E-state index is 13.1. The summed E-state index contributed by atoms with van der Waals surface area (Å²) < 4.78 is 20.5. The molecule has 1 atom stereocenters. The number of para-hydroxylation sites is 1. The number of hydrogen-bond donors (Lipinski definition) is 1. The van der Waals surface area contributed by atoms with Crippen LogP contribution in [0.1, 0.15) is 24.3 Å². The van der Waals surface area contributed by atoms with Crippen LogP contribution in [0.3, 0.4) is 0 Å². The van der Waals surface area contributed by atoms with Crippen molar-refractivity contribution in [2.45, 2.75) is 25.0 Å². The molecule has 0 fully saturated rings. The summed E-state index contributed by atoms with van der Waals surface area (Å²) in [5.41, 5.74) is 2.58. The number of hydrogen-bond acceptors (Lipinski definition) is 5. The zero-order chi connectivity index (χ0) is 21.8. The molecule has 0 saturated carbocycles. The third-order valence-electron chi connectivity index (χ3n) is 4.83. The zero-order valence-corrected chi connectivity index (χ0v) is 17.9. The molecule has 0 saturated heterocycles. The number of amides is 1. The van der Waals surface area contributed by atoms with Crippen LogP contribution in [0.2, 0.25) is 0 Å². The van der Waals surface area contributed by atoms with E-state index in [1.807, 2.05) is 54.8 Å². The first kappa shape index (κ1) is 20.9. The second kappa shape index (κ2) is 9.18. The van der Waals surface area contributed by atoms with E-state index in [1.54, 1.807) is 18.4 Å². The fourth-order valence-corrected chi connectivity index (χ4v) is 3.98. The first-order valence-electron chi connectivity index (χ1n) is 9.76. The van der Waals surface area contributed by atoms with Crippen LogP contribution in [-0.4, -0.2) is 26.4 Å². The van der Waals surface area contributed by atoms with Crippen molar-refractivity contribution < 1.29 is 13.6 Å². The number of rotatable bonds is 7. The molecule has 4 aromatic rings. The predicted octanol–water partition coefficient (Wildman–Crippen LogP) is 4.94. The Morgan fingerprint density at radius 2 is 1.87 bits per heavy atom. The predicted molar refractivity (Wildman–Crippen MR) is 117 cm³/mol. The number of halogens is 1. The summed E-state index contributed by atoms with van der Waals surface area (Å²) in [4.78, 5) is 12.5. The molecule has 2 heterocycles. The molecular formula is C23H21FN4O2S. The van der Waals surface area contributed by atoms with Crippen molar-refractivity contribution in [3.63, 3.8) is 0 Å². The van der Waals surface area contributed by atoms with Gasteiger partial charge in [0, 0.05) is 5.69 Å². The van der Waals surface area contributed by atoms with Crippen LogP contribution in [-0.2, 0) is 4.79 Å². The molecule has 1 amide bonds. The van der Waals surface area contributed by atoms with Crippen LogP contribution >= 0.6 is 11.8 Å². The number of nitrogens with one attached hydrogen (secondary N) is 1. The molecule has 0 aliphatic rings. The molecule has 0 bridgehead atoms. The van der Waals surface area contributed by atoms with Crippen molar-refractivity contribution in [1.82, 2.24) is 20.1 Å². The minimum atomic E-state index is -0.304. The fraction of sp³-hybridized carbons (Fsp3) is 0.174. The average molecular weight is 437 g/mol. The van der Waals surface area contributed by atoms with E-state index in [0.29, 0.717) is 11.0 Å². The smallest absolute Gasteiger partial charge is 0.230 e. The van der Waals surface area contributed by atoms with Crippen molar-refractivity contribution in [1.29, 1.82) is 0 Å². The van der Waals surface area contributed by atoms with E-state index in [4.69, 9.17) is 4.42 Å². The van der Waals surface area contributed by atoms with E-state index in [9.17, 15) is 9.18 Å². The van der Waals surface area contributed by atoms with Gasteiger partial charge < -0.3 is 9.73 Å². The van der Waals surface area contributed by atoms with Gasteiger partial charge >= 0.3 is 0 Å². The molecule has 0 aliphatic carbocycles. The number of benzene rings is 2. The Balaban J connectivity index is 1.52. The quantitative estimate of drug-likeness (QED) is 0.415. The lowest BCUT2D eigenvalue weighted by atomic mass is 10.1. The topological polar surface area (TPSA) is 72.9 Å². The van der Waals surface area contributed by atoms with Crippen molar-refractivity contribution >= 4 is 17.7 Å². The third-order valence-corrected chi connectivity index (χ3v) is 5.76. The molecule has 1 unspecified atom stereocenters. The normalized spacial score (nSPS) is 12.0. The van der Waals surface area contributed by atoms with Crippen LogP contribution in [0.25, 0.3) is 17.1 Å². The molecule has 0 radical (unpaired) electrons. The van der Waals surface area contributed by atoms with E-state index in [-0.39, 0.29) is 23.5 Å². The highest BCUT2D eigenvalue weighted by molar-refractivity contribution is 7.99. The molecule has 4 rings (SSSR count). The number of furan rings is 1. The second-order valence-electron chi connectivity index (χ2n) is 7.00. The van der Waals surface area contributed by atoms with Crippen molar-refractivity contribution in [2.24, 2.45) is 0 Å². The van der Waals surface area contributed by atoms with Gasteiger partial charge in [-0.25, -0.2) is 4.39 Å². The lowest BCUT2D eigenvalue weighted by molar-refractivity contribution is -0.119. The van der Waals surface area contributed by atoms with Gasteiger partial charge in [-0.15, -0.1) is 10.2 Å². The van der Waals surface area contributed by atoms with Crippen LogP contribution in [0, 0.1) is 12.7 Å². The molecule has 158 valence electrons. The van der Waals surface area contributed by atoms with Crippen LogP contribution in [0.5, 0.6) is 0 Å². The largest absolute Gasteiger partial charge is 0.469 e. The average Bonchev–Trinajstić information content (AvgIpc) is 3.39. The van der Waals surface area contributed by atoms with Crippen LogP contribution < -0.4 is 5.32 Å². The SMILES string of the molecule is Cc1occc1-c1nnc(SCC(=O)NC(C)c2ccc(F)cc2)n1-c1ccccc1. The Bertz CT molecular complexity index is 1170. The molecule has 2 aromatic heterocycles. The Morgan fingerprint density at radius 1 is 1.13 bits per heavy atom. The summed E-state index contributed by atoms with van der Waals surface area (Å²) in [6.45, 7) is 3.73. The Labute approximate surface area is 183 Å². The standard InChI is InChI=1S/C23H21FN4O2S/c1-15(17-8-10-18(24)11-9-17)25-21(29)14-31-23-27-26-22(20-12-13-30-16(20)2)28(23)19-6-4-3-5-7-19/h3-13,15H,14H2,1-2H3,(H,25,29). The molecule has 6 nitrogen and oxygen atoms in total.